The van der Waals surface area contributed by atoms with E-state index in [-0.39, 0.29) is 17.5 Å². The molecule has 0 unspecified atom stereocenters. The van der Waals surface area contributed by atoms with E-state index < -0.39 is 0 Å². The molecule has 6 nitrogen and oxygen atoms in total. The number of rotatable bonds is 8. The predicted octanol–water partition coefficient (Wildman–Crippen LogP) is 3.87. The van der Waals surface area contributed by atoms with Gasteiger partial charge >= 0.3 is 0 Å². The number of nitrogen functional groups attached to an aromatic ring is 1. The van der Waals surface area contributed by atoms with Gasteiger partial charge in [-0.15, -0.1) is 0 Å². The highest BCUT2D eigenvalue weighted by atomic mass is 19.1. The molecule has 0 radical (unpaired) electrons. The van der Waals surface area contributed by atoms with E-state index in [1.165, 1.54) is 48.9 Å². The minimum Gasteiger partial charge on any atom is -0.382 e. The molecule has 1 saturated carbocycles. The van der Waals surface area contributed by atoms with Gasteiger partial charge in [-0.3, -0.25) is 4.79 Å². The Kier molecular flexibility index (Phi) is 7.23. The maximum atomic E-state index is 13.1. The number of benzene rings is 1. The van der Waals surface area contributed by atoms with Crippen LogP contribution in [0.25, 0.3) is 5.69 Å². The van der Waals surface area contributed by atoms with E-state index in [0.29, 0.717) is 48.7 Å². The molecule has 0 atom stereocenters. The summed E-state index contributed by atoms with van der Waals surface area (Å²) < 4.78 is 14.6. The number of nitrogens with zero attached hydrogens (tertiary/aromatic N) is 3. The lowest BCUT2D eigenvalue weighted by Crippen LogP contribution is -2.25. The number of halogens is 1. The quantitative estimate of drug-likeness (QED) is 0.661. The summed E-state index contributed by atoms with van der Waals surface area (Å²) in [5.41, 5.74) is 7.58. The van der Waals surface area contributed by atoms with Gasteiger partial charge < -0.3 is 11.1 Å². The van der Waals surface area contributed by atoms with Gasteiger partial charge in [0.2, 0.25) is 5.91 Å². The highest BCUT2D eigenvalue weighted by Crippen LogP contribution is 2.27. The Bertz CT molecular complexity index is 863. The normalized spacial score (nSPS) is 14.5. The molecule has 7 heteroatoms. The number of hydrogen-bond acceptors (Lipinski definition) is 4. The summed E-state index contributed by atoms with van der Waals surface area (Å²) in [6.45, 7) is 0.539. The highest BCUT2D eigenvalue weighted by molar-refractivity contribution is 5.75. The summed E-state index contributed by atoms with van der Waals surface area (Å²) in [5, 5.41) is 16.8. The van der Waals surface area contributed by atoms with Gasteiger partial charge in [-0.25, -0.2) is 9.07 Å². The molecule has 0 bridgehead atoms. The first-order valence-corrected chi connectivity index (χ1v) is 10.4. The number of carbonyl (C=O) groups excluding carboxylic acids is 1. The van der Waals surface area contributed by atoms with E-state index in [2.05, 4.69) is 16.5 Å². The third-order valence-corrected chi connectivity index (χ3v) is 5.59. The molecular formula is C22H28FN5O. The Balaban J connectivity index is 1.49. The van der Waals surface area contributed by atoms with E-state index >= 15 is 0 Å². The fourth-order valence-corrected chi connectivity index (χ4v) is 3.94. The second-order valence-electron chi connectivity index (χ2n) is 7.70. The van der Waals surface area contributed by atoms with Crippen molar-refractivity contribution in [2.45, 2.75) is 57.8 Å². The molecule has 0 saturated heterocycles. The molecule has 3 N–H and O–H groups in total. The Morgan fingerprint density at radius 3 is 2.69 bits per heavy atom. The van der Waals surface area contributed by atoms with Gasteiger partial charge in [0.1, 0.15) is 23.3 Å². The Labute approximate surface area is 170 Å². The van der Waals surface area contributed by atoms with Crippen molar-refractivity contribution in [3.8, 4) is 11.8 Å². The topological polar surface area (TPSA) is 96.7 Å². The smallest absolute Gasteiger partial charge is 0.220 e. The first-order chi connectivity index (χ1) is 14.1. The lowest BCUT2D eigenvalue weighted by Gasteiger charge is -2.20. The van der Waals surface area contributed by atoms with Crippen LogP contribution in [0.2, 0.25) is 0 Å². The van der Waals surface area contributed by atoms with Crippen LogP contribution in [0.1, 0.15) is 62.6 Å². The highest BCUT2D eigenvalue weighted by Gasteiger charge is 2.17. The summed E-state index contributed by atoms with van der Waals surface area (Å²) in [6, 6.07) is 7.88. The first-order valence-electron chi connectivity index (χ1n) is 10.4. The molecule has 1 aliphatic carbocycles. The zero-order valence-corrected chi connectivity index (χ0v) is 16.7. The minimum atomic E-state index is -0.348. The monoisotopic (exact) mass is 397 g/mol. The maximum Gasteiger partial charge on any atom is 0.220 e. The van der Waals surface area contributed by atoms with Crippen LogP contribution in [0.15, 0.2) is 24.3 Å². The number of nitrogens with two attached hydrogens (primary N) is 1. The van der Waals surface area contributed by atoms with Gasteiger partial charge in [0.15, 0.2) is 0 Å². The van der Waals surface area contributed by atoms with Gasteiger partial charge in [0.05, 0.1) is 11.4 Å². The Morgan fingerprint density at radius 2 is 2.00 bits per heavy atom. The van der Waals surface area contributed by atoms with Crippen molar-refractivity contribution in [1.82, 2.24) is 15.1 Å². The van der Waals surface area contributed by atoms with Crippen molar-refractivity contribution in [2.75, 3.05) is 12.3 Å². The molecule has 0 spiro atoms. The van der Waals surface area contributed by atoms with Crippen molar-refractivity contribution in [3.63, 3.8) is 0 Å². The number of amides is 1. The van der Waals surface area contributed by atoms with Gasteiger partial charge in [-0.2, -0.15) is 10.4 Å². The lowest BCUT2D eigenvalue weighted by molar-refractivity contribution is -0.121. The number of anilines is 1. The molecular weight excluding hydrogens is 369 g/mol. The first kappa shape index (κ1) is 20.8. The molecule has 0 aliphatic heterocycles. The summed E-state index contributed by atoms with van der Waals surface area (Å²) in [4.78, 5) is 12.1. The largest absolute Gasteiger partial charge is 0.382 e. The van der Waals surface area contributed by atoms with Crippen molar-refractivity contribution in [3.05, 3.63) is 41.3 Å². The number of nitrogens with one attached hydrogen (secondary N) is 1. The van der Waals surface area contributed by atoms with E-state index in [9.17, 15) is 14.4 Å². The van der Waals surface area contributed by atoms with E-state index in [1.54, 1.807) is 12.1 Å². The predicted molar refractivity (Wildman–Crippen MR) is 110 cm³/mol. The average Bonchev–Trinajstić information content (AvgIpc) is 3.06. The molecule has 29 heavy (non-hydrogen) atoms. The standard InChI is InChI=1S/C22H28FN5O/c23-17-9-11-18(12-10-17)28-22(25)19(15-24)20(27-28)7-4-14-26-21(29)13-8-16-5-2-1-3-6-16/h9-12,16H,1-8,13-14,25H2,(H,26,29). The summed E-state index contributed by atoms with van der Waals surface area (Å²) in [5.74, 6) is 0.684. The molecule has 2 aromatic rings. The zero-order valence-electron chi connectivity index (χ0n) is 16.7. The van der Waals surface area contributed by atoms with Crippen molar-refractivity contribution in [2.24, 2.45) is 5.92 Å². The summed E-state index contributed by atoms with van der Waals surface area (Å²) in [6.07, 6.45) is 9.18. The molecule has 154 valence electrons. The van der Waals surface area contributed by atoms with E-state index in [0.717, 1.165) is 6.42 Å². The maximum absolute atomic E-state index is 13.1. The van der Waals surface area contributed by atoms with Gasteiger partial charge in [0.25, 0.3) is 0 Å². The molecule has 3 rings (SSSR count). The van der Waals surface area contributed by atoms with Crippen molar-refractivity contribution in [1.29, 1.82) is 5.26 Å². The SMILES string of the molecule is N#Cc1c(CCCNC(=O)CCC2CCCCC2)nn(-c2ccc(F)cc2)c1N. The molecule has 1 heterocycles. The Morgan fingerprint density at radius 1 is 1.28 bits per heavy atom. The van der Waals surface area contributed by atoms with Crippen LogP contribution in [-0.4, -0.2) is 22.2 Å². The van der Waals surface area contributed by atoms with Crippen LogP contribution in [0.3, 0.4) is 0 Å². The second-order valence-corrected chi connectivity index (χ2v) is 7.70. The van der Waals surface area contributed by atoms with Crippen molar-refractivity contribution >= 4 is 11.7 Å². The molecule has 1 aliphatic rings. The summed E-state index contributed by atoms with van der Waals surface area (Å²) >= 11 is 0. The van der Waals surface area contributed by atoms with Crippen LogP contribution in [-0.2, 0) is 11.2 Å². The molecule has 1 aromatic heterocycles. The number of hydrogen-bond donors (Lipinski definition) is 2. The lowest BCUT2D eigenvalue weighted by atomic mass is 9.86. The minimum absolute atomic E-state index is 0.0902. The van der Waals surface area contributed by atoms with Crippen LogP contribution in [0, 0.1) is 23.1 Å². The third kappa shape index (κ3) is 5.57. The van der Waals surface area contributed by atoms with E-state index in [4.69, 9.17) is 5.73 Å². The number of nitriles is 1. The second kappa shape index (κ2) is 10.1. The van der Waals surface area contributed by atoms with Gasteiger partial charge in [0, 0.05) is 13.0 Å². The van der Waals surface area contributed by atoms with Crippen LogP contribution < -0.4 is 11.1 Å². The fraction of sp³-hybridized carbons (Fsp3) is 0.500. The summed E-state index contributed by atoms with van der Waals surface area (Å²) in [7, 11) is 0. The molecule has 1 fully saturated rings. The van der Waals surface area contributed by atoms with Crippen LogP contribution in [0.5, 0.6) is 0 Å². The van der Waals surface area contributed by atoms with Gasteiger partial charge in [-0.05, 0) is 49.4 Å². The van der Waals surface area contributed by atoms with Gasteiger partial charge in [-0.1, -0.05) is 32.1 Å². The number of aromatic nitrogens is 2. The molecule has 1 aromatic carbocycles. The fourth-order valence-electron chi connectivity index (χ4n) is 3.94. The Hall–Kier alpha value is -2.88. The number of carbonyl (C=O) groups is 1. The zero-order chi connectivity index (χ0) is 20.6. The van der Waals surface area contributed by atoms with Crippen molar-refractivity contribution < 1.29 is 9.18 Å². The number of aryl methyl sites for hydroxylation is 1. The average molecular weight is 397 g/mol. The van der Waals surface area contributed by atoms with Crippen LogP contribution in [0.4, 0.5) is 10.2 Å². The van der Waals surface area contributed by atoms with E-state index in [1.807, 2.05) is 0 Å². The molecule has 1 amide bonds. The van der Waals surface area contributed by atoms with Crippen LogP contribution >= 0.6 is 0 Å². The third-order valence-electron chi connectivity index (χ3n) is 5.59.